The van der Waals surface area contributed by atoms with Gasteiger partial charge in [-0.3, -0.25) is 4.79 Å². The smallest absolute Gasteiger partial charge is 0.328 e. The Morgan fingerprint density at radius 2 is 1.61 bits per heavy atom. The number of hydrogen-bond donors (Lipinski definition) is 2. The van der Waals surface area contributed by atoms with Crippen molar-refractivity contribution in [1.29, 1.82) is 0 Å². The lowest BCUT2D eigenvalue weighted by Crippen LogP contribution is -2.30. The summed E-state index contributed by atoms with van der Waals surface area (Å²) in [5.41, 5.74) is 3.17. The lowest BCUT2D eigenvalue weighted by molar-refractivity contribution is -0.137. The fraction of sp³-hybridized carbons (Fsp3) is 0.120. The van der Waals surface area contributed by atoms with Gasteiger partial charge in [-0.1, -0.05) is 42.5 Å². The van der Waals surface area contributed by atoms with Gasteiger partial charge in [0, 0.05) is 23.6 Å². The van der Waals surface area contributed by atoms with Crippen molar-refractivity contribution in [2.24, 2.45) is 0 Å². The van der Waals surface area contributed by atoms with E-state index in [2.05, 4.69) is 0 Å². The number of carbonyl (C=O) groups excluding carboxylic acids is 1. The zero-order chi connectivity index (χ0) is 22.0. The summed E-state index contributed by atoms with van der Waals surface area (Å²) >= 11 is 0. The normalized spacial score (nSPS) is 17.8. The van der Waals surface area contributed by atoms with Gasteiger partial charge in [-0.25, -0.2) is 4.79 Å². The maximum atomic E-state index is 13.0. The van der Waals surface area contributed by atoms with Crippen molar-refractivity contribution < 1.29 is 29.3 Å². The van der Waals surface area contributed by atoms with Crippen LogP contribution in [0.25, 0.3) is 6.08 Å². The van der Waals surface area contributed by atoms with E-state index in [0.29, 0.717) is 11.5 Å². The molecule has 0 aliphatic carbocycles. The van der Waals surface area contributed by atoms with Crippen molar-refractivity contribution in [3.63, 3.8) is 0 Å². The molecule has 0 spiro atoms. The van der Waals surface area contributed by atoms with Crippen molar-refractivity contribution in [3.8, 4) is 17.2 Å². The summed E-state index contributed by atoms with van der Waals surface area (Å²) in [6.07, 6.45) is 2.58. The fourth-order valence-electron chi connectivity index (χ4n) is 3.85. The molecule has 3 aromatic rings. The van der Waals surface area contributed by atoms with E-state index < -0.39 is 17.9 Å². The molecule has 2 unspecified atom stereocenters. The van der Waals surface area contributed by atoms with Gasteiger partial charge in [-0.05, 0) is 41.0 Å². The highest BCUT2D eigenvalue weighted by Crippen LogP contribution is 2.47. The van der Waals surface area contributed by atoms with E-state index in [-0.39, 0.29) is 11.7 Å². The Bertz CT molecular complexity index is 1150. The first-order valence-corrected chi connectivity index (χ1v) is 9.66. The van der Waals surface area contributed by atoms with E-state index in [9.17, 15) is 14.7 Å². The van der Waals surface area contributed by atoms with Gasteiger partial charge in [-0.15, -0.1) is 0 Å². The number of hydrogen-bond acceptors (Lipinski definition) is 5. The molecule has 0 amide bonds. The van der Waals surface area contributed by atoms with Gasteiger partial charge in [-0.2, -0.15) is 0 Å². The molecule has 31 heavy (non-hydrogen) atoms. The van der Waals surface area contributed by atoms with Crippen LogP contribution in [-0.4, -0.2) is 29.3 Å². The number of esters is 1. The van der Waals surface area contributed by atoms with Crippen LogP contribution < -0.4 is 9.47 Å². The summed E-state index contributed by atoms with van der Waals surface area (Å²) in [5, 5.41) is 18.7. The molecule has 1 heterocycles. The number of carboxylic acids is 1. The Morgan fingerprint density at radius 1 is 0.968 bits per heavy atom. The minimum Gasteiger partial charge on any atom is -0.508 e. The number of rotatable bonds is 5. The molecule has 0 bridgehead atoms. The molecule has 6 heteroatoms. The van der Waals surface area contributed by atoms with Crippen LogP contribution in [0.5, 0.6) is 17.2 Å². The van der Waals surface area contributed by atoms with Crippen LogP contribution >= 0.6 is 0 Å². The zero-order valence-electron chi connectivity index (χ0n) is 16.7. The number of aromatic hydroxyl groups is 1. The topological polar surface area (TPSA) is 93.1 Å². The standard InChI is InChI=1S/C25H20O6/c1-30-19-10-7-17(8-11-19)24-23(16-5-2-15(3-6-16)4-13-22(27)28)20-12-9-18(26)14-21(20)31-25(24)29/h2-14,23-24,26H,1H3,(H,27,28)/b13-4+. The lowest BCUT2D eigenvalue weighted by atomic mass is 9.75. The van der Waals surface area contributed by atoms with Gasteiger partial charge in [0.05, 0.1) is 13.0 Å². The first-order chi connectivity index (χ1) is 15.0. The van der Waals surface area contributed by atoms with Crippen molar-refractivity contribution in [2.45, 2.75) is 11.8 Å². The second-order valence-electron chi connectivity index (χ2n) is 7.21. The first-order valence-electron chi connectivity index (χ1n) is 9.66. The zero-order valence-corrected chi connectivity index (χ0v) is 16.7. The molecule has 2 atom stereocenters. The average molecular weight is 416 g/mol. The number of fused-ring (bicyclic) bond motifs is 1. The van der Waals surface area contributed by atoms with E-state index in [4.69, 9.17) is 14.6 Å². The van der Waals surface area contributed by atoms with Crippen LogP contribution in [0.1, 0.15) is 34.1 Å². The highest BCUT2D eigenvalue weighted by atomic mass is 16.5. The summed E-state index contributed by atoms with van der Waals surface area (Å²) in [4.78, 5) is 23.8. The van der Waals surface area contributed by atoms with E-state index in [1.54, 1.807) is 43.5 Å². The van der Waals surface area contributed by atoms with E-state index in [1.165, 1.54) is 12.1 Å². The first kappa shape index (κ1) is 20.2. The number of phenols is 1. The van der Waals surface area contributed by atoms with Crippen LogP contribution in [0.3, 0.4) is 0 Å². The molecule has 1 aliphatic rings. The highest BCUT2D eigenvalue weighted by Gasteiger charge is 2.40. The second-order valence-corrected chi connectivity index (χ2v) is 7.21. The van der Waals surface area contributed by atoms with E-state index in [0.717, 1.165) is 28.3 Å². The van der Waals surface area contributed by atoms with Gasteiger partial charge < -0.3 is 19.7 Å². The van der Waals surface area contributed by atoms with Gasteiger partial charge >= 0.3 is 11.9 Å². The average Bonchev–Trinajstić information content (AvgIpc) is 2.77. The Hall–Kier alpha value is -4.06. The maximum Gasteiger partial charge on any atom is 0.328 e. The molecule has 0 fully saturated rings. The SMILES string of the molecule is COc1ccc(C2C(=O)Oc3cc(O)ccc3C2c2ccc(/C=C/C(=O)O)cc2)cc1. The minimum absolute atomic E-state index is 0.0161. The molecule has 0 aromatic heterocycles. The summed E-state index contributed by atoms with van der Waals surface area (Å²) in [6.45, 7) is 0. The molecule has 0 saturated heterocycles. The van der Waals surface area contributed by atoms with E-state index >= 15 is 0 Å². The van der Waals surface area contributed by atoms with Crippen LogP contribution in [0, 0.1) is 0 Å². The third-order valence-electron chi connectivity index (χ3n) is 5.32. The van der Waals surface area contributed by atoms with Crippen molar-refractivity contribution >= 4 is 18.0 Å². The Labute approximate surface area is 179 Å². The molecule has 2 N–H and O–H groups in total. The summed E-state index contributed by atoms with van der Waals surface area (Å²) in [6, 6.07) is 19.4. The molecule has 1 aliphatic heterocycles. The number of ether oxygens (including phenoxy) is 2. The van der Waals surface area contributed by atoms with Crippen molar-refractivity contribution in [3.05, 3.63) is 95.1 Å². The lowest BCUT2D eigenvalue weighted by Gasteiger charge is -2.32. The fourth-order valence-corrected chi connectivity index (χ4v) is 3.85. The maximum absolute atomic E-state index is 13.0. The van der Waals surface area contributed by atoms with Gasteiger partial charge in [0.15, 0.2) is 0 Å². The number of methoxy groups -OCH3 is 1. The van der Waals surface area contributed by atoms with Crippen LogP contribution in [0.15, 0.2) is 72.8 Å². The molecular formula is C25H20O6. The number of aliphatic carboxylic acids is 1. The largest absolute Gasteiger partial charge is 0.508 e. The van der Waals surface area contributed by atoms with Crippen LogP contribution in [-0.2, 0) is 9.59 Å². The molecular weight excluding hydrogens is 396 g/mol. The minimum atomic E-state index is -1.02. The third-order valence-corrected chi connectivity index (χ3v) is 5.32. The Balaban J connectivity index is 1.81. The van der Waals surface area contributed by atoms with Gasteiger partial charge in [0.2, 0.25) is 0 Å². The molecule has 0 radical (unpaired) electrons. The van der Waals surface area contributed by atoms with Crippen LogP contribution in [0.4, 0.5) is 0 Å². The monoisotopic (exact) mass is 416 g/mol. The number of carboxylic acid groups (broad SMARTS) is 1. The highest BCUT2D eigenvalue weighted by molar-refractivity contribution is 5.86. The number of benzene rings is 3. The van der Waals surface area contributed by atoms with Crippen LogP contribution in [0.2, 0.25) is 0 Å². The quantitative estimate of drug-likeness (QED) is 0.365. The van der Waals surface area contributed by atoms with E-state index in [1.807, 2.05) is 24.3 Å². The second kappa shape index (κ2) is 8.36. The number of phenolic OH excluding ortho intramolecular Hbond substituents is 1. The Morgan fingerprint density at radius 3 is 2.26 bits per heavy atom. The van der Waals surface area contributed by atoms with Crippen molar-refractivity contribution in [2.75, 3.05) is 7.11 Å². The molecule has 6 nitrogen and oxygen atoms in total. The molecule has 156 valence electrons. The van der Waals surface area contributed by atoms with Gasteiger partial charge in [0.1, 0.15) is 17.2 Å². The van der Waals surface area contributed by atoms with Crippen molar-refractivity contribution in [1.82, 2.24) is 0 Å². The summed E-state index contributed by atoms with van der Waals surface area (Å²) in [5.74, 6) is -1.34. The Kier molecular flexibility index (Phi) is 5.45. The summed E-state index contributed by atoms with van der Waals surface area (Å²) < 4.78 is 10.8. The molecule has 0 saturated carbocycles. The summed E-state index contributed by atoms with van der Waals surface area (Å²) in [7, 11) is 1.58. The molecule has 3 aromatic carbocycles. The van der Waals surface area contributed by atoms with Gasteiger partial charge in [0.25, 0.3) is 0 Å². The predicted octanol–water partition coefficient (Wildman–Crippen LogP) is 4.33. The number of carbonyl (C=O) groups is 2. The third kappa shape index (κ3) is 4.14. The molecule has 4 rings (SSSR count). The predicted molar refractivity (Wildman–Crippen MR) is 114 cm³/mol.